The molecule has 1 aromatic carbocycles. The third-order valence-electron chi connectivity index (χ3n) is 4.72. The summed E-state index contributed by atoms with van der Waals surface area (Å²) < 4.78 is 1.18. The molecule has 4 rings (SSSR count). The molecule has 3 aromatic rings. The fourth-order valence-corrected chi connectivity index (χ4v) is 5.36. The minimum absolute atomic E-state index is 0.0553. The van der Waals surface area contributed by atoms with E-state index in [4.69, 9.17) is 5.11 Å². The standard InChI is InChI=1S/C19H18N4O4S2/c24-7-8-28-16-6-5-12(9-14(16)23(26)27)10-21-22-11-20-18-17(19(22)25)13-3-1-2-4-15(13)29-18/h5-6,9-11,24H,1-4,7-8H2/b21-10+. The van der Waals surface area contributed by atoms with E-state index >= 15 is 0 Å². The van der Waals surface area contributed by atoms with Crippen LogP contribution in [0.3, 0.4) is 0 Å². The number of hydrogen-bond acceptors (Lipinski definition) is 8. The highest BCUT2D eigenvalue weighted by molar-refractivity contribution is 7.99. The first kappa shape index (κ1) is 19.7. The van der Waals surface area contributed by atoms with E-state index in [0.29, 0.717) is 21.6 Å². The topological polar surface area (TPSA) is 111 Å². The van der Waals surface area contributed by atoms with Gasteiger partial charge in [-0.25, -0.2) is 4.98 Å². The summed E-state index contributed by atoms with van der Waals surface area (Å²) in [7, 11) is 0. The summed E-state index contributed by atoms with van der Waals surface area (Å²) in [6.45, 7) is -0.0598. The number of aryl methyl sites for hydroxylation is 2. The third-order valence-corrected chi connectivity index (χ3v) is 6.96. The zero-order valence-electron chi connectivity index (χ0n) is 15.4. The minimum atomic E-state index is -0.464. The van der Waals surface area contributed by atoms with E-state index in [2.05, 4.69) is 10.1 Å². The maximum atomic E-state index is 12.9. The second-order valence-corrected chi connectivity index (χ2v) is 8.81. The number of fused-ring (bicyclic) bond motifs is 3. The van der Waals surface area contributed by atoms with E-state index in [1.165, 1.54) is 39.9 Å². The number of thiophene rings is 1. The summed E-state index contributed by atoms with van der Waals surface area (Å²) >= 11 is 2.80. The lowest BCUT2D eigenvalue weighted by Crippen LogP contribution is -2.18. The van der Waals surface area contributed by atoms with Gasteiger partial charge in [0.1, 0.15) is 11.2 Å². The molecule has 0 unspecified atom stereocenters. The van der Waals surface area contributed by atoms with E-state index in [1.807, 2.05) is 0 Å². The van der Waals surface area contributed by atoms with Crippen LogP contribution in [0.2, 0.25) is 0 Å². The van der Waals surface area contributed by atoms with Crippen LogP contribution < -0.4 is 5.56 Å². The van der Waals surface area contributed by atoms with Gasteiger partial charge in [-0.15, -0.1) is 23.1 Å². The maximum Gasteiger partial charge on any atom is 0.283 e. The van der Waals surface area contributed by atoms with Crippen LogP contribution in [0.4, 0.5) is 5.69 Å². The first-order valence-corrected chi connectivity index (χ1v) is 11.0. The molecule has 0 bridgehead atoms. The van der Waals surface area contributed by atoms with Gasteiger partial charge in [0.25, 0.3) is 11.2 Å². The number of hydrogen-bond donors (Lipinski definition) is 1. The van der Waals surface area contributed by atoms with Crippen LogP contribution in [0.15, 0.2) is 39.3 Å². The highest BCUT2D eigenvalue weighted by atomic mass is 32.2. The normalized spacial score (nSPS) is 13.8. The lowest BCUT2D eigenvalue weighted by atomic mass is 9.97. The second kappa shape index (κ2) is 8.44. The van der Waals surface area contributed by atoms with Gasteiger partial charge < -0.3 is 5.11 Å². The molecule has 0 radical (unpaired) electrons. The summed E-state index contributed by atoms with van der Waals surface area (Å²) in [5.74, 6) is 0.375. The van der Waals surface area contributed by atoms with E-state index < -0.39 is 4.92 Å². The van der Waals surface area contributed by atoms with Crippen molar-refractivity contribution in [3.63, 3.8) is 0 Å². The van der Waals surface area contributed by atoms with Crippen LogP contribution in [0, 0.1) is 10.1 Å². The Morgan fingerprint density at radius 1 is 1.38 bits per heavy atom. The molecule has 1 aliphatic rings. The largest absolute Gasteiger partial charge is 0.396 e. The van der Waals surface area contributed by atoms with E-state index in [1.54, 1.807) is 23.5 Å². The molecule has 1 N–H and O–H groups in total. The molecular formula is C19H18N4O4S2. The van der Waals surface area contributed by atoms with Gasteiger partial charge in [0.15, 0.2) is 0 Å². The van der Waals surface area contributed by atoms with Crippen LogP contribution >= 0.6 is 23.1 Å². The van der Waals surface area contributed by atoms with E-state index in [-0.39, 0.29) is 17.9 Å². The van der Waals surface area contributed by atoms with Gasteiger partial charge in [0.2, 0.25) is 0 Å². The predicted octanol–water partition coefficient (Wildman–Crippen LogP) is 3.21. The number of aliphatic hydroxyl groups excluding tert-OH is 1. The number of thioether (sulfide) groups is 1. The van der Waals surface area contributed by atoms with Gasteiger partial charge in [-0.1, -0.05) is 6.07 Å². The van der Waals surface area contributed by atoms with Crippen molar-refractivity contribution in [3.8, 4) is 0 Å². The van der Waals surface area contributed by atoms with Gasteiger partial charge in [-0.3, -0.25) is 14.9 Å². The first-order valence-electron chi connectivity index (χ1n) is 9.17. The van der Waals surface area contributed by atoms with Crippen LogP contribution in [-0.2, 0) is 12.8 Å². The van der Waals surface area contributed by atoms with Crippen LogP contribution in [0.25, 0.3) is 10.2 Å². The molecule has 2 heterocycles. The third kappa shape index (κ3) is 3.96. The number of nitro benzene ring substituents is 1. The average Bonchev–Trinajstić information content (AvgIpc) is 3.11. The zero-order chi connectivity index (χ0) is 20.4. The zero-order valence-corrected chi connectivity index (χ0v) is 17.0. The Kier molecular flexibility index (Phi) is 5.74. The molecule has 0 spiro atoms. The molecule has 150 valence electrons. The Bertz CT molecular complexity index is 1170. The molecule has 10 heteroatoms. The Hall–Kier alpha value is -2.56. The quantitative estimate of drug-likeness (QED) is 0.278. The van der Waals surface area contributed by atoms with Crippen molar-refractivity contribution in [1.29, 1.82) is 0 Å². The lowest BCUT2D eigenvalue weighted by molar-refractivity contribution is -0.387. The Balaban J connectivity index is 1.68. The van der Waals surface area contributed by atoms with Crippen molar-refractivity contribution in [2.24, 2.45) is 5.10 Å². The molecule has 0 fully saturated rings. The monoisotopic (exact) mass is 430 g/mol. The summed E-state index contributed by atoms with van der Waals surface area (Å²) in [4.78, 5) is 30.6. The number of benzene rings is 1. The number of nitrogens with zero attached hydrogens (tertiary/aromatic N) is 4. The fourth-order valence-electron chi connectivity index (χ4n) is 3.38. The van der Waals surface area contributed by atoms with E-state index in [9.17, 15) is 14.9 Å². The maximum absolute atomic E-state index is 12.9. The van der Waals surface area contributed by atoms with Crippen LogP contribution in [0.1, 0.15) is 28.8 Å². The minimum Gasteiger partial charge on any atom is -0.396 e. The summed E-state index contributed by atoms with van der Waals surface area (Å²) in [5, 5.41) is 25.1. The first-order chi connectivity index (χ1) is 14.1. The van der Waals surface area contributed by atoms with Gasteiger partial charge in [-0.05, 0) is 37.3 Å². The number of rotatable bonds is 6. The summed E-state index contributed by atoms with van der Waals surface area (Å²) in [5.41, 5.74) is 1.33. The average molecular weight is 431 g/mol. The Labute approximate surface area is 174 Å². The van der Waals surface area contributed by atoms with Crippen molar-refractivity contribution in [1.82, 2.24) is 9.66 Å². The molecular weight excluding hydrogens is 412 g/mol. The van der Waals surface area contributed by atoms with Crippen molar-refractivity contribution in [3.05, 3.63) is 61.0 Å². The van der Waals surface area contributed by atoms with Crippen molar-refractivity contribution in [2.75, 3.05) is 12.4 Å². The fraction of sp³-hybridized carbons (Fsp3) is 0.316. The van der Waals surface area contributed by atoms with Crippen molar-refractivity contribution >= 4 is 45.2 Å². The molecule has 8 nitrogen and oxygen atoms in total. The number of aromatic nitrogens is 2. The highest BCUT2D eigenvalue weighted by Crippen LogP contribution is 2.33. The molecule has 1 aliphatic carbocycles. The van der Waals surface area contributed by atoms with E-state index in [0.717, 1.165) is 36.1 Å². The van der Waals surface area contributed by atoms with Gasteiger partial charge in [0.05, 0.1) is 28.0 Å². The van der Waals surface area contributed by atoms with Gasteiger partial charge in [-0.2, -0.15) is 9.78 Å². The molecule has 0 aliphatic heterocycles. The molecule has 0 saturated heterocycles. The SMILES string of the molecule is O=c1c2c3c(sc2ncn1/N=C/c1ccc(SCCO)c([N+](=O)[O-])c1)CCCC3. The predicted molar refractivity (Wildman–Crippen MR) is 114 cm³/mol. The number of aliphatic hydroxyl groups is 1. The summed E-state index contributed by atoms with van der Waals surface area (Å²) in [6.07, 6.45) is 6.89. The van der Waals surface area contributed by atoms with Crippen molar-refractivity contribution in [2.45, 2.75) is 30.6 Å². The molecule has 29 heavy (non-hydrogen) atoms. The summed E-state index contributed by atoms with van der Waals surface area (Å²) in [6, 6.07) is 4.73. The van der Waals surface area contributed by atoms with Crippen LogP contribution in [-0.4, -0.2) is 38.3 Å². The molecule has 0 amide bonds. The van der Waals surface area contributed by atoms with Gasteiger partial charge in [0, 0.05) is 22.3 Å². The number of nitro groups is 1. The smallest absolute Gasteiger partial charge is 0.283 e. The van der Waals surface area contributed by atoms with Crippen molar-refractivity contribution < 1.29 is 10.0 Å². The highest BCUT2D eigenvalue weighted by Gasteiger charge is 2.20. The molecule has 2 aromatic heterocycles. The molecule has 0 saturated carbocycles. The molecule has 0 atom stereocenters. The second-order valence-electron chi connectivity index (χ2n) is 6.59. The Morgan fingerprint density at radius 2 is 2.21 bits per heavy atom. The lowest BCUT2D eigenvalue weighted by Gasteiger charge is -2.09. The van der Waals surface area contributed by atoms with Crippen LogP contribution in [0.5, 0.6) is 0 Å². The van der Waals surface area contributed by atoms with Gasteiger partial charge >= 0.3 is 0 Å². The Morgan fingerprint density at radius 3 is 3.00 bits per heavy atom.